The molecule has 0 rings (SSSR count). The molecule has 130 valence electrons. The van der Waals surface area contributed by atoms with Crippen LogP contribution in [0.4, 0.5) is 0 Å². The van der Waals surface area contributed by atoms with E-state index in [1.165, 1.54) is 89.9 Å². The maximum atomic E-state index is 4.83. The standard InChI is InChI=1S/C16H34.C4H10O/c1-3-5-7-9-11-13-15-16-14-12-10-8-6-4-2;1-3-5-4-2/h3-16H2,1-2H3;3-4H2,1-2H3. The van der Waals surface area contributed by atoms with Gasteiger partial charge in [0.2, 0.25) is 0 Å². The lowest BCUT2D eigenvalue weighted by molar-refractivity contribution is 0.162. The van der Waals surface area contributed by atoms with E-state index in [1.807, 2.05) is 13.8 Å². The topological polar surface area (TPSA) is 9.23 Å². The fourth-order valence-electron chi connectivity index (χ4n) is 2.47. The Labute approximate surface area is 136 Å². The molecule has 1 nitrogen and oxygen atoms in total. The molecular weight excluding hydrogens is 256 g/mol. The first-order valence-corrected chi connectivity index (χ1v) is 9.91. The van der Waals surface area contributed by atoms with Crippen molar-refractivity contribution >= 4 is 0 Å². The molecule has 1 heteroatoms. The van der Waals surface area contributed by atoms with Crippen molar-refractivity contribution in [2.45, 2.75) is 118 Å². The first-order valence-electron chi connectivity index (χ1n) is 9.91. The highest BCUT2D eigenvalue weighted by Gasteiger charge is 1.92. The van der Waals surface area contributed by atoms with Gasteiger partial charge in [0.15, 0.2) is 0 Å². The van der Waals surface area contributed by atoms with Crippen LogP contribution >= 0.6 is 0 Å². The zero-order chi connectivity index (χ0) is 16.0. The minimum atomic E-state index is 0.844. The molecule has 0 aromatic carbocycles. The Morgan fingerprint density at radius 2 is 0.619 bits per heavy atom. The van der Waals surface area contributed by atoms with Gasteiger partial charge in [0.1, 0.15) is 0 Å². The van der Waals surface area contributed by atoms with Crippen LogP contribution < -0.4 is 0 Å². The third-order valence-corrected chi connectivity index (χ3v) is 3.87. The summed E-state index contributed by atoms with van der Waals surface area (Å²) in [6.07, 6.45) is 20.4. The van der Waals surface area contributed by atoms with Gasteiger partial charge in [-0.25, -0.2) is 0 Å². The Kier molecular flexibility index (Phi) is 27.6. The SMILES string of the molecule is CCCCCCCCCCCCCCCC.CCOCC. The van der Waals surface area contributed by atoms with Crippen LogP contribution in [0.2, 0.25) is 0 Å². The van der Waals surface area contributed by atoms with Crippen molar-refractivity contribution in [3.63, 3.8) is 0 Å². The molecule has 0 heterocycles. The second-order valence-corrected chi connectivity index (χ2v) is 6.02. The monoisotopic (exact) mass is 300 g/mol. The summed E-state index contributed by atoms with van der Waals surface area (Å²) in [7, 11) is 0. The molecule has 0 amide bonds. The largest absolute Gasteiger partial charge is 0.382 e. The molecule has 0 aliphatic heterocycles. The summed E-state index contributed by atoms with van der Waals surface area (Å²) < 4.78 is 4.83. The van der Waals surface area contributed by atoms with E-state index in [2.05, 4.69) is 13.8 Å². The van der Waals surface area contributed by atoms with Crippen LogP contribution in [-0.2, 0) is 4.74 Å². The van der Waals surface area contributed by atoms with Gasteiger partial charge in [-0.05, 0) is 13.8 Å². The van der Waals surface area contributed by atoms with Crippen LogP contribution in [0.1, 0.15) is 118 Å². The number of ether oxygens (including phenoxy) is 1. The highest BCUT2D eigenvalue weighted by molar-refractivity contribution is 4.48. The summed E-state index contributed by atoms with van der Waals surface area (Å²) >= 11 is 0. The quantitative estimate of drug-likeness (QED) is 0.284. The normalized spacial score (nSPS) is 10.3. The molecule has 0 unspecified atom stereocenters. The Morgan fingerprint density at radius 1 is 0.381 bits per heavy atom. The molecule has 0 N–H and O–H groups in total. The lowest BCUT2D eigenvalue weighted by Crippen LogP contribution is -1.84. The number of hydrogen-bond acceptors (Lipinski definition) is 1. The fourth-order valence-corrected chi connectivity index (χ4v) is 2.47. The third kappa shape index (κ3) is 28.8. The number of unbranched alkanes of at least 4 members (excludes halogenated alkanes) is 13. The van der Waals surface area contributed by atoms with Crippen molar-refractivity contribution < 1.29 is 4.74 Å². The molecule has 0 spiro atoms. The summed E-state index contributed by atoms with van der Waals surface area (Å²) in [5.41, 5.74) is 0. The molecule has 0 aromatic rings. The minimum Gasteiger partial charge on any atom is -0.382 e. The number of rotatable bonds is 15. The average molecular weight is 301 g/mol. The van der Waals surface area contributed by atoms with Gasteiger partial charge < -0.3 is 4.74 Å². The second-order valence-electron chi connectivity index (χ2n) is 6.02. The van der Waals surface area contributed by atoms with E-state index < -0.39 is 0 Å². The Hall–Kier alpha value is -0.0400. The summed E-state index contributed by atoms with van der Waals surface area (Å²) in [4.78, 5) is 0. The van der Waals surface area contributed by atoms with Crippen LogP contribution in [0.3, 0.4) is 0 Å². The van der Waals surface area contributed by atoms with Gasteiger partial charge in [0.05, 0.1) is 0 Å². The van der Waals surface area contributed by atoms with Crippen LogP contribution in [0, 0.1) is 0 Å². The van der Waals surface area contributed by atoms with Gasteiger partial charge in [0, 0.05) is 13.2 Å². The van der Waals surface area contributed by atoms with E-state index in [0.717, 1.165) is 13.2 Å². The number of hydrogen-bond donors (Lipinski definition) is 0. The van der Waals surface area contributed by atoms with Gasteiger partial charge in [-0.2, -0.15) is 0 Å². The van der Waals surface area contributed by atoms with Crippen LogP contribution in [0.15, 0.2) is 0 Å². The van der Waals surface area contributed by atoms with Crippen molar-refractivity contribution in [3.05, 3.63) is 0 Å². The van der Waals surface area contributed by atoms with Crippen molar-refractivity contribution in [2.75, 3.05) is 13.2 Å². The van der Waals surface area contributed by atoms with Gasteiger partial charge in [-0.15, -0.1) is 0 Å². The zero-order valence-electron chi connectivity index (χ0n) is 15.7. The first kappa shape index (κ1) is 23.2. The minimum absolute atomic E-state index is 0.844. The van der Waals surface area contributed by atoms with Crippen LogP contribution in [0.25, 0.3) is 0 Å². The van der Waals surface area contributed by atoms with E-state index >= 15 is 0 Å². The van der Waals surface area contributed by atoms with E-state index in [1.54, 1.807) is 0 Å². The summed E-state index contributed by atoms with van der Waals surface area (Å²) in [5, 5.41) is 0. The van der Waals surface area contributed by atoms with Crippen molar-refractivity contribution in [2.24, 2.45) is 0 Å². The van der Waals surface area contributed by atoms with Gasteiger partial charge >= 0.3 is 0 Å². The van der Waals surface area contributed by atoms with Crippen molar-refractivity contribution in [1.82, 2.24) is 0 Å². The Morgan fingerprint density at radius 3 is 0.762 bits per heavy atom. The van der Waals surface area contributed by atoms with Gasteiger partial charge in [-0.1, -0.05) is 104 Å². The molecule has 0 bridgehead atoms. The highest BCUT2D eigenvalue weighted by Crippen LogP contribution is 2.12. The van der Waals surface area contributed by atoms with Crippen molar-refractivity contribution in [1.29, 1.82) is 0 Å². The third-order valence-electron chi connectivity index (χ3n) is 3.87. The Bertz CT molecular complexity index is 129. The van der Waals surface area contributed by atoms with Gasteiger partial charge in [-0.3, -0.25) is 0 Å². The maximum absolute atomic E-state index is 4.83. The maximum Gasteiger partial charge on any atom is 0.0437 e. The van der Waals surface area contributed by atoms with E-state index in [4.69, 9.17) is 4.74 Å². The molecule has 0 fully saturated rings. The molecule has 21 heavy (non-hydrogen) atoms. The van der Waals surface area contributed by atoms with Crippen LogP contribution in [0.5, 0.6) is 0 Å². The molecule has 0 saturated heterocycles. The zero-order valence-corrected chi connectivity index (χ0v) is 15.7. The van der Waals surface area contributed by atoms with Crippen molar-refractivity contribution in [3.8, 4) is 0 Å². The average Bonchev–Trinajstić information content (AvgIpc) is 2.50. The van der Waals surface area contributed by atoms with Crippen LogP contribution in [-0.4, -0.2) is 13.2 Å². The summed E-state index contributed by atoms with van der Waals surface area (Å²) in [6, 6.07) is 0. The Balaban J connectivity index is 0. The second kappa shape index (κ2) is 24.9. The molecule has 0 aliphatic rings. The van der Waals surface area contributed by atoms with E-state index in [9.17, 15) is 0 Å². The predicted octanol–water partition coefficient (Wildman–Crippen LogP) is 7.53. The summed E-state index contributed by atoms with van der Waals surface area (Å²) in [5.74, 6) is 0. The summed E-state index contributed by atoms with van der Waals surface area (Å²) in [6.45, 7) is 10.2. The molecule has 0 saturated carbocycles. The first-order chi connectivity index (χ1) is 10.3. The molecule has 0 atom stereocenters. The molecule has 0 aliphatic carbocycles. The van der Waals surface area contributed by atoms with E-state index in [0.29, 0.717) is 0 Å². The smallest absolute Gasteiger partial charge is 0.0437 e. The predicted molar refractivity (Wildman–Crippen MR) is 98.2 cm³/mol. The fraction of sp³-hybridized carbons (Fsp3) is 1.00. The lowest BCUT2D eigenvalue weighted by Gasteiger charge is -2.02. The molecule has 0 radical (unpaired) electrons. The highest BCUT2D eigenvalue weighted by atomic mass is 16.5. The van der Waals surface area contributed by atoms with E-state index in [-0.39, 0.29) is 0 Å². The molecule has 0 aromatic heterocycles. The lowest BCUT2D eigenvalue weighted by atomic mass is 10.0. The molecular formula is C20H44O. The van der Waals surface area contributed by atoms with Gasteiger partial charge in [0.25, 0.3) is 0 Å².